The van der Waals surface area contributed by atoms with Crippen molar-refractivity contribution in [2.75, 3.05) is 0 Å². The van der Waals surface area contributed by atoms with E-state index >= 15 is 0 Å². The maximum Gasteiger partial charge on any atom is 0.243 e. The minimum Gasteiger partial charge on any atom is -0.358 e. The lowest BCUT2D eigenvalue weighted by Gasteiger charge is -2.23. The monoisotopic (exact) mass is 358 g/mol. The number of hydrogen-bond acceptors (Lipinski definition) is 3. The summed E-state index contributed by atoms with van der Waals surface area (Å²) in [6.45, 7) is 4.66. The largest absolute Gasteiger partial charge is 0.358 e. The van der Waals surface area contributed by atoms with Gasteiger partial charge in [-0.15, -0.1) is 0 Å². The Balaban J connectivity index is 1.60. The van der Waals surface area contributed by atoms with Gasteiger partial charge in [0.2, 0.25) is 10.0 Å². The van der Waals surface area contributed by atoms with Crippen molar-refractivity contribution in [2.24, 2.45) is 0 Å². The number of nitrogens with one attached hydrogen (secondary N) is 2. The van der Waals surface area contributed by atoms with E-state index in [4.69, 9.17) is 0 Å². The van der Waals surface area contributed by atoms with Crippen LogP contribution in [0.2, 0.25) is 0 Å². The molecule has 1 aromatic carbocycles. The Labute approximate surface area is 147 Å². The molecule has 4 rings (SSSR count). The molecule has 1 unspecified atom stereocenters. The Morgan fingerprint density at radius 3 is 3.00 bits per heavy atom. The van der Waals surface area contributed by atoms with Gasteiger partial charge in [-0.1, -0.05) is 11.6 Å². The molecule has 0 bridgehead atoms. The van der Waals surface area contributed by atoms with E-state index in [0.29, 0.717) is 13.0 Å². The van der Waals surface area contributed by atoms with E-state index in [-0.39, 0.29) is 10.9 Å². The van der Waals surface area contributed by atoms with E-state index in [9.17, 15) is 8.42 Å². The van der Waals surface area contributed by atoms with Crippen molar-refractivity contribution in [1.29, 1.82) is 0 Å². The van der Waals surface area contributed by atoms with Crippen molar-refractivity contribution in [3.63, 3.8) is 0 Å². The first-order chi connectivity index (χ1) is 12.0. The number of rotatable bonds is 4. The van der Waals surface area contributed by atoms with Gasteiger partial charge in [0, 0.05) is 35.4 Å². The highest BCUT2D eigenvalue weighted by atomic mass is 32.2. The van der Waals surface area contributed by atoms with Crippen molar-refractivity contribution in [1.82, 2.24) is 19.5 Å². The maximum absolute atomic E-state index is 12.6. The summed E-state index contributed by atoms with van der Waals surface area (Å²) in [4.78, 5) is 3.71. The molecule has 25 heavy (non-hydrogen) atoms. The molecule has 132 valence electrons. The number of fused-ring (bicyclic) bond motifs is 3. The summed E-state index contributed by atoms with van der Waals surface area (Å²) in [7, 11) is -3.54. The van der Waals surface area contributed by atoms with Crippen LogP contribution >= 0.6 is 0 Å². The average molecular weight is 358 g/mol. The van der Waals surface area contributed by atoms with Gasteiger partial charge in [0.05, 0.1) is 6.20 Å². The van der Waals surface area contributed by atoms with E-state index in [1.807, 2.05) is 6.92 Å². The third-order valence-corrected chi connectivity index (χ3v) is 6.38. The average Bonchev–Trinajstić information content (AvgIpc) is 3.19. The van der Waals surface area contributed by atoms with Crippen LogP contribution in [0.3, 0.4) is 0 Å². The SMILES string of the molecule is CCn1cc(S(=O)(=O)NC2CCc3[nH]c4ccc(C)cc4c3C2)cn1. The lowest BCUT2D eigenvalue weighted by molar-refractivity contribution is 0.506. The molecule has 0 aliphatic heterocycles. The summed E-state index contributed by atoms with van der Waals surface area (Å²) in [5.74, 6) is 0. The molecule has 0 saturated heterocycles. The van der Waals surface area contributed by atoms with Crippen molar-refractivity contribution >= 4 is 20.9 Å². The molecule has 2 aromatic heterocycles. The maximum atomic E-state index is 12.6. The summed E-state index contributed by atoms with van der Waals surface area (Å²) in [6, 6.07) is 6.27. The first-order valence-corrected chi connectivity index (χ1v) is 10.1. The van der Waals surface area contributed by atoms with Crippen LogP contribution < -0.4 is 4.72 Å². The molecule has 0 saturated carbocycles. The van der Waals surface area contributed by atoms with Gasteiger partial charge in [-0.2, -0.15) is 5.10 Å². The molecule has 1 aliphatic rings. The van der Waals surface area contributed by atoms with Gasteiger partial charge < -0.3 is 4.98 Å². The van der Waals surface area contributed by atoms with E-state index in [1.54, 1.807) is 10.9 Å². The van der Waals surface area contributed by atoms with Crippen LogP contribution in [0.4, 0.5) is 0 Å². The Kier molecular flexibility index (Phi) is 3.92. The predicted molar refractivity (Wildman–Crippen MR) is 97.1 cm³/mol. The number of sulfonamides is 1. The lowest BCUT2D eigenvalue weighted by Crippen LogP contribution is -2.38. The zero-order valence-electron chi connectivity index (χ0n) is 14.4. The number of nitrogens with zero attached hydrogens (tertiary/aromatic N) is 2. The molecule has 2 N–H and O–H groups in total. The molecule has 7 heteroatoms. The molecule has 6 nitrogen and oxygen atoms in total. The van der Waals surface area contributed by atoms with Gasteiger partial charge in [0.15, 0.2) is 0 Å². The molecular weight excluding hydrogens is 336 g/mol. The highest BCUT2D eigenvalue weighted by molar-refractivity contribution is 7.89. The van der Waals surface area contributed by atoms with Gasteiger partial charge in [-0.3, -0.25) is 4.68 Å². The van der Waals surface area contributed by atoms with Gasteiger partial charge in [0.25, 0.3) is 0 Å². The molecule has 1 aliphatic carbocycles. The molecule has 0 fully saturated rings. The molecule has 1 atom stereocenters. The van der Waals surface area contributed by atoms with Crippen LogP contribution in [0.5, 0.6) is 0 Å². The Morgan fingerprint density at radius 1 is 1.40 bits per heavy atom. The van der Waals surface area contributed by atoms with Crippen molar-refractivity contribution < 1.29 is 8.42 Å². The summed E-state index contributed by atoms with van der Waals surface area (Å²) in [6.07, 6.45) is 5.34. The molecule has 0 radical (unpaired) electrons. The van der Waals surface area contributed by atoms with Crippen LogP contribution in [-0.2, 0) is 29.4 Å². The number of hydrogen-bond donors (Lipinski definition) is 2. The molecular formula is C18H22N4O2S. The highest BCUT2D eigenvalue weighted by Crippen LogP contribution is 2.30. The smallest absolute Gasteiger partial charge is 0.243 e. The normalized spacial score (nSPS) is 17.8. The summed E-state index contributed by atoms with van der Waals surface area (Å²) >= 11 is 0. The molecule has 0 spiro atoms. The minimum atomic E-state index is -3.54. The number of aryl methyl sites for hydroxylation is 3. The van der Waals surface area contributed by atoms with Crippen LogP contribution in [0.15, 0.2) is 35.5 Å². The molecule has 0 amide bonds. The quantitative estimate of drug-likeness (QED) is 0.752. The fourth-order valence-electron chi connectivity index (χ4n) is 3.58. The van der Waals surface area contributed by atoms with E-state index in [0.717, 1.165) is 18.4 Å². The second-order valence-electron chi connectivity index (χ2n) is 6.72. The first-order valence-electron chi connectivity index (χ1n) is 8.61. The van der Waals surface area contributed by atoms with Crippen molar-refractivity contribution in [3.05, 3.63) is 47.4 Å². The lowest BCUT2D eigenvalue weighted by atomic mass is 9.92. The van der Waals surface area contributed by atoms with Crippen LogP contribution in [0.1, 0.15) is 30.2 Å². The third kappa shape index (κ3) is 2.98. The second-order valence-corrected chi connectivity index (χ2v) is 8.44. The summed E-state index contributed by atoms with van der Waals surface area (Å²) < 4.78 is 29.7. The Morgan fingerprint density at radius 2 is 2.24 bits per heavy atom. The first kappa shape index (κ1) is 16.4. The fraction of sp³-hybridized carbons (Fsp3) is 0.389. The molecule has 2 heterocycles. The zero-order valence-corrected chi connectivity index (χ0v) is 15.2. The van der Waals surface area contributed by atoms with Gasteiger partial charge in [-0.25, -0.2) is 13.1 Å². The standard InChI is InChI=1S/C18H22N4O2S/c1-3-22-11-14(10-19-22)25(23,24)21-13-5-7-18-16(9-13)15-8-12(2)4-6-17(15)20-18/h4,6,8,10-11,13,20-21H,3,5,7,9H2,1-2H3. The van der Waals surface area contributed by atoms with Crippen molar-refractivity contribution in [2.45, 2.75) is 50.6 Å². The number of H-pyrrole nitrogens is 1. The molecule has 3 aromatic rings. The Bertz CT molecular complexity index is 1030. The summed E-state index contributed by atoms with van der Waals surface area (Å²) in [5, 5.41) is 5.27. The number of aromatic amines is 1. The van der Waals surface area contributed by atoms with E-state index < -0.39 is 10.0 Å². The van der Waals surface area contributed by atoms with Crippen LogP contribution in [0, 0.1) is 6.92 Å². The van der Waals surface area contributed by atoms with Gasteiger partial charge in [0.1, 0.15) is 4.90 Å². The fourth-order valence-corrected chi connectivity index (χ4v) is 4.80. The Hall–Kier alpha value is -2.12. The number of benzene rings is 1. The number of aromatic nitrogens is 3. The van der Waals surface area contributed by atoms with Gasteiger partial charge >= 0.3 is 0 Å². The van der Waals surface area contributed by atoms with Crippen LogP contribution in [0.25, 0.3) is 10.9 Å². The predicted octanol–water partition coefficient (Wildman–Crippen LogP) is 2.53. The topological polar surface area (TPSA) is 79.8 Å². The van der Waals surface area contributed by atoms with Crippen LogP contribution in [-0.4, -0.2) is 29.2 Å². The zero-order chi connectivity index (χ0) is 17.6. The van der Waals surface area contributed by atoms with Crippen molar-refractivity contribution in [3.8, 4) is 0 Å². The highest BCUT2D eigenvalue weighted by Gasteiger charge is 2.27. The second kappa shape index (κ2) is 6.00. The summed E-state index contributed by atoms with van der Waals surface area (Å²) in [5.41, 5.74) is 4.81. The minimum absolute atomic E-state index is 0.0954. The van der Waals surface area contributed by atoms with Gasteiger partial charge in [-0.05, 0) is 50.8 Å². The van der Waals surface area contributed by atoms with E-state index in [1.165, 1.54) is 28.4 Å². The third-order valence-electron chi connectivity index (χ3n) is 4.91. The van der Waals surface area contributed by atoms with E-state index in [2.05, 4.69) is 39.9 Å².